The molecule has 3 rings (SSSR count). The molecule has 120 valence electrons. The molecule has 0 saturated carbocycles. The molecule has 1 atom stereocenters. The maximum absolute atomic E-state index is 12.4. The topological polar surface area (TPSA) is 135 Å². The second-order valence-electron chi connectivity index (χ2n) is 5.33. The van der Waals surface area contributed by atoms with Gasteiger partial charge in [0.25, 0.3) is 11.2 Å². The average Bonchev–Trinajstić information content (AvgIpc) is 2.53. The third kappa shape index (κ3) is 2.38. The Morgan fingerprint density at radius 1 is 1.38 bits per heavy atom. The first-order valence-electron chi connectivity index (χ1n) is 6.98. The maximum Gasteiger partial charge on any atom is 0.269 e. The molecule has 0 saturated heterocycles. The number of nitriles is 1. The van der Waals surface area contributed by atoms with Crippen LogP contribution in [0.5, 0.6) is 5.75 Å². The molecule has 1 aromatic heterocycles. The van der Waals surface area contributed by atoms with Gasteiger partial charge in [-0.25, -0.2) is 0 Å². The molecule has 0 radical (unpaired) electrons. The van der Waals surface area contributed by atoms with Gasteiger partial charge in [-0.3, -0.25) is 14.9 Å². The smallest absolute Gasteiger partial charge is 0.269 e. The van der Waals surface area contributed by atoms with E-state index in [4.69, 9.17) is 10.5 Å². The number of benzene rings is 1. The van der Waals surface area contributed by atoms with Crippen LogP contribution in [0.3, 0.4) is 0 Å². The lowest BCUT2D eigenvalue weighted by Gasteiger charge is -2.25. The normalized spacial score (nSPS) is 16.1. The fourth-order valence-corrected chi connectivity index (χ4v) is 2.73. The van der Waals surface area contributed by atoms with E-state index in [2.05, 4.69) is 4.98 Å². The molecule has 0 aliphatic carbocycles. The van der Waals surface area contributed by atoms with Crippen molar-refractivity contribution in [3.05, 3.63) is 79.1 Å². The quantitative estimate of drug-likeness (QED) is 0.639. The second kappa shape index (κ2) is 5.55. The van der Waals surface area contributed by atoms with Crippen molar-refractivity contribution in [1.82, 2.24) is 4.98 Å². The van der Waals surface area contributed by atoms with E-state index in [1.807, 2.05) is 6.07 Å². The Kier molecular flexibility index (Phi) is 3.54. The summed E-state index contributed by atoms with van der Waals surface area (Å²) in [5, 5.41) is 20.2. The average molecular weight is 324 g/mol. The number of allylic oxidation sites excluding steroid dienone is 1. The number of nitrogens with two attached hydrogens (primary N) is 1. The van der Waals surface area contributed by atoms with Crippen LogP contribution in [0.2, 0.25) is 0 Å². The van der Waals surface area contributed by atoms with Crippen LogP contribution in [0.15, 0.2) is 46.6 Å². The Labute approximate surface area is 135 Å². The molecule has 2 aromatic rings. The molecule has 0 amide bonds. The van der Waals surface area contributed by atoms with E-state index in [0.29, 0.717) is 11.3 Å². The number of non-ortho nitro benzene ring substituents is 1. The van der Waals surface area contributed by atoms with Crippen molar-refractivity contribution in [2.24, 2.45) is 5.73 Å². The summed E-state index contributed by atoms with van der Waals surface area (Å²) in [7, 11) is 0. The lowest BCUT2D eigenvalue weighted by atomic mass is 9.84. The zero-order valence-electron chi connectivity index (χ0n) is 12.6. The van der Waals surface area contributed by atoms with E-state index in [-0.39, 0.29) is 28.5 Å². The summed E-state index contributed by atoms with van der Waals surface area (Å²) >= 11 is 0. The molecule has 1 aliphatic heterocycles. The fourth-order valence-electron chi connectivity index (χ4n) is 2.73. The number of rotatable bonds is 2. The van der Waals surface area contributed by atoms with Crippen molar-refractivity contribution in [1.29, 1.82) is 5.26 Å². The number of aryl methyl sites for hydroxylation is 1. The number of nitro benzene ring substituents is 1. The van der Waals surface area contributed by atoms with Crippen LogP contribution in [0.4, 0.5) is 5.69 Å². The Morgan fingerprint density at radius 3 is 2.62 bits per heavy atom. The highest BCUT2D eigenvalue weighted by Crippen LogP contribution is 2.40. The number of hydrogen-bond donors (Lipinski definition) is 2. The summed E-state index contributed by atoms with van der Waals surface area (Å²) in [6.45, 7) is 1.70. The third-order valence-corrected chi connectivity index (χ3v) is 3.79. The van der Waals surface area contributed by atoms with Gasteiger partial charge in [-0.05, 0) is 12.5 Å². The van der Waals surface area contributed by atoms with E-state index >= 15 is 0 Å². The molecule has 24 heavy (non-hydrogen) atoms. The highest BCUT2D eigenvalue weighted by atomic mass is 16.6. The summed E-state index contributed by atoms with van der Waals surface area (Å²) < 4.78 is 5.42. The van der Waals surface area contributed by atoms with E-state index in [1.54, 1.807) is 13.0 Å². The minimum Gasteiger partial charge on any atom is -0.440 e. The molecule has 1 aromatic carbocycles. The molecule has 8 heteroatoms. The molecular weight excluding hydrogens is 312 g/mol. The fraction of sp³-hybridized carbons (Fsp3) is 0.125. The van der Waals surface area contributed by atoms with Crippen molar-refractivity contribution >= 4 is 5.69 Å². The van der Waals surface area contributed by atoms with Crippen molar-refractivity contribution in [3.8, 4) is 11.8 Å². The summed E-state index contributed by atoms with van der Waals surface area (Å²) in [4.78, 5) is 25.3. The highest BCUT2D eigenvalue weighted by molar-refractivity contribution is 5.55. The number of aromatic amines is 1. The summed E-state index contributed by atoms with van der Waals surface area (Å²) in [5.74, 6) is -0.557. The Bertz CT molecular complexity index is 967. The van der Waals surface area contributed by atoms with Crippen LogP contribution in [-0.4, -0.2) is 9.91 Å². The monoisotopic (exact) mass is 324 g/mol. The largest absolute Gasteiger partial charge is 0.440 e. The van der Waals surface area contributed by atoms with Gasteiger partial charge in [-0.2, -0.15) is 5.26 Å². The van der Waals surface area contributed by atoms with Crippen LogP contribution in [0.1, 0.15) is 22.7 Å². The number of pyridine rings is 1. The number of H-pyrrole nitrogens is 1. The molecule has 3 N–H and O–H groups in total. The standard InChI is InChI=1S/C16H12N4O4/c1-8-6-12-14(16(21)19-8)13(11(7-17)15(18)24-12)9-2-4-10(5-3-9)20(22)23/h2-6,13H,18H2,1H3,(H,19,21)/t13-/m0/s1. The van der Waals surface area contributed by atoms with Crippen molar-refractivity contribution in [2.75, 3.05) is 0 Å². The Balaban J connectivity index is 2.23. The van der Waals surface area contributed by atoms with E-state index in [0.717, 1.165) is 0 Å². The van der Waals surface area contributed by atoms with Crippen LogP contribution in [-0.2, 0) is 0 Å². The Morgan fingerprint density at radius 2 is 2.04 bits per heavy atom. The predicted molar refractivity (Wildman–Crippen MR) is 84.2 cm³/mol. The summed E-state index contributed by atoms with van der Waals surface area (Å²) in [6, 6.07) is 9.23. The molecule has 1 aliphatic rings. The van der Waals surface area contributed by atoms with Gasteiger partial charge in [0.05, 0.1) is 16.4 Å². The van der Waals surface area contributed by atoms with Crippen molar-refractivity contribution in [2.45, 2.75) is 12.8 Å². The first kappa shape index (κ1) is 15.3. The van der Waals surface area contributed by atoms with Gasteiger partial charge < -0.3 is 15.5 Å². The van der Waals surface area contributed by atoms with Crippen LogP contribution in [0, 0.1) is 28.4 Å². The molecule has 0 fully saturated rings. The first-order chi connectivity index (χ1) is 11.4. The van der Waals surface area contributed by atoms with Gasteiger partial charge in [-0.1, -0.05) is 12.1 Å². The number of hydrogen-bond acceptors (Lipinski definition) is 6. The molecule has 0 unspecified atom stereocenters. The summed E-state index contributed by atoms with van der Waals surface area (Å²) in [6.07, 6.45) is 0. The van der Waals surface area contributed by atoms with Crippen LogP contribution in [0.25, 0.3) is 0 Å². The van der Waals surface area contributed by atoms with Crippen molar-refractivity contribution in [3.63, 3.8) is 0 Å². The number of nitrogens with zero attached hydrogens (tertiary/aromatic N) is 2. The van der Waals surface area contributed by atoms with E-state index in [9.17, 15) is 20.2 Å². The first-order valence-corrected chi connectivity index (χ1v) is 6.98. The zero-order valence-corrected chi connectivity index (χ0v) is 12.6. The van der Waals surface area contributed by atoms with Crippen LogP contribution < -0.4 is 16.0 Å². The number of aromatic nitrogens is 1. The van der Waals surface area contributed by atoms with Gasteiger partial charge in [-0.15, -0.1) is 0 Å². The van der Waals surface area contributed by atoms with Crippen molar-refractivity contribution < 1.29 is 9.66 Å². The summed E-state index contributed by atoms with van der Waals surface area (Å²) in [5.41, 5.74) is 6.82. The number of ether oxygens (including phenoxy) is 1. The second-order valence-corrected chi connectivity index (χ2v) is 5.33. The zero-order chi connectivity index (χ0) is 17.4. The van der Waals surface area contributed by atoms with Gasteiger partial charge in [0, 0.05) is 23.9 Å². The van der Waals surface area contributed by atoms with E-state index in [1.165, 1.54) is 24.3 Å². The minimum absolute atomic E-state index is 0.0840. The molecule has 8 nitrogen and oxygen atoms in total. The number of fused-ring (bicyclic) bond motifs is 1. The molecule has 0 spiro atoms. The SMILES string of the molecule is Cc1cc2c(c(=O)[nH]1)[C@@H](c1ccc([N+](=O)[O-])cc1)C(C#N)=C(N)O2. The third-order valence-electron chi connectivity index (χ3n) is 3.79. The van der Waals surface area contributed by atoms with Crippen LogP contribution >= 0.6 is 0 Å². The number of nitrogens with one attached hydrogen (secondary N) is 1. The molecule has 2 heterocycles. The van der Waals surface area contributed by atoms with Gasteiger partial charge in [0.1, 0.15) is 17.4 Å². The van der Waals surface area contributed by atoms with Gasteiger partial charge in [0.15, 0.2) is 0 Å². The van der Waals surface area contributed by atoms with Gasteiger partial charge in [0.2, 0.25) is 5.88 Å². The highest BCUT2D eigenvalue weighted by Gasteiger charge is 2.33. The molecular formula is C16H12N4O4. The predicted octanol–water partition coefficient (Wildman–Crippen LogP) is 1.81. The lowest BCUT2D eigenvalue weighted by Crippen LogP contribution is -2.28. The molecule has 0 bridgehead atoms. The van der Waals surface area contributed by atoms with Gasteiger partial charge >= 0.3 is 0 Å². The Hall–Kier alpha value is -3.60. The van der Waals surface area contributed by atoms with E-state index < -0.39 is 16.4 Å². The lowest BCUT2D eigenvalue weighted by molar-refractivity contribution is -0.384. The number of nitro groups is 1. The maximum atomic E-state index is 12.4. The minimum atomic E-state index is -0.746.